The molecule has 0 amide bonds. The van der Waals surface area contributed by atoms with Crippen LogP contribution in [0.25, 0.3) is 33.4 Å². The number of pyridine rings is 1. The van der Waals surface area contributed by atoms with Crippen LogP contribution in [0.2, 0.25) is 0 Å². The van der Waals surface area contributed by atoms with Gasteiger partial charge in [-0.15, -0.1) is 10.2 Å². The fraction of sp³-hybridized carbons (Fsp3) is 0.160. The molecule has 0 aliphatic heterocycles. The molecule has 0 atom stereocenters. The first-order chi connectivity index (χ1) is 16.7. The zero-order chi connectivity index (χ0) is 23.3. The second kappa shape index (κ2) is 10.3. The number of nitrogen functional groups attached to an aromatic ring is 1. The summed E-state index contributed by atoms with van der Waals surface area (Å²) < 4.78 is 0. The molecule has 0 saturated carbocycles. The Morgan fingerprint density at radius 3 is 2.53 bits per heavy atom. The maximum Gasteiger partial charge on any atom is 0.203 e. The van der Waals surface area contributed by atoms with E-state index in [0.29, 0.717) is 10.8 Å². The highest BCUT2D eigenvalue weighted by molar-refractivity contribution is 7.98. The molecule has 0 aliphatic rings. The van der Waals surface area contributed by atoms with Crippen molar-refractivity contribution in [3.63, 3.8) is 0 Å². The second-order valence-corrected chi connectivity index (χ2v) is 9.54. The van der Waals surface area contributed by atoms with Gasteiger partial charge in [-0.2, -0.15) is 0 Å². The average molecular weight is 486 g/mol. The van der Waals surface area contributed by atoms with Crippen molar-refractivity contribution in [1.29, 1.82) is 0 Å². The Morgan fingerprint density at radius 1 is 0.971 bits per heavy atom. The lowest BCUT2D eigenvalue weighted by atomic mass is 9.98. The van der Waals surface area contributed by atoms with E-state index in [2.05, 4.69) is 67.9 Å². The molecule has 3 N–H and O–H groups in total. The zero-order valence-electron chi connectivity index (χ0n) is 18.6. The van der Waals surface area contributed by atoms with Gasteiger partial charge in [0, 0.05) is 42.2 Å². The molecular formula is C25H23N7S2. The van der Waals surface area contributed by atoms with E-state index in [1.54, 1.807) is 0 Å². The van der Waals surface area contributed by atoms with Gasteiger partial charge in [0.25, 0.3) is 0 Å². The number of nitrogens with zero attached hydrogens (tertiary/aromatic N) is 5. The van der Waals surface area contributed by atoms with Crippen molar-refractivity contribution in [3.8, 4) is 22.4 Å². The molecule has 5 aromatic rings. The average Bonchev–Trinajstić information content (AvgIpc) is 3.31. The van der Waals surface area contributed by atoms with Gasteiger partial charge in [-0.1, -0.05) is 77.7 Å². The van der Waals surface area contributed by atoms with Crippen molar-refractivity contribution < 1.29 is 0 Å². The van der Waals surface area contributed by atoms with Crippen molar-refractivity contribution in [2.45, 2.75) is 18.1 Å². The van der Waals surface area contributed by atoms with Crippen LogP contribution < -0.4 is 11.1 Å². The number of thioether (sulfide) groups is 1. The number of hydrogen-bond acceptors (Lipinski definition) is 9. The van der Waals surface area contributed by atoms with Gasteiger partial charge in [0.15, 0.2) is 10.8 Å². The van der Waals surface area contributed by atoms with Crippen molar-refractivity contribution in [2.75, 3.05) is 18.5 Å². The maximum atomic E-state index is 5.64. The van der Waals surface area contributed by atoms with Crippen molar-refractivity contribution >= 4 is 39.3 Å². The summed E-state index contributed by atoms with van der Waals surface area (Å²) in [6, 6.07) is 21.0. The monoisotopic (exact) mass is 485 g/mol. The lowest BCUT2D eigenvalue weighted by molar-refractivity contribution is 0.682. The minimum absolute atomic E-state index is 0.513. The van der Waals surface area contributed by atoms with Crippen LogP contribution in [0.4, 0.5) is 5.13 Å². The third-order valence-electron chi connectivity index (χ3n) is 5.37. The molecule has 0 saturated heterocycles. The van der Waals surface area contributed by atoms with E-state index in [4.69, 9.17) is 10.7 Å². The van der Waals surface area contributed by atoms with Crippen molar-refractivity contribution in [2.24, 2.45) is 0 Å². The fourth-order valence-electron chi connectivity index (χ4n) is 3.68. The molecule has 9 heteroatoms. The van der Waals surface area contributed by atoms with Crippen molar-refractivity contribution in [1.82, 2.24) is 30.5 Å². The fourth-order valence-corrected chi connectivity index (χ4v) is 4.62. The van der Waals surface area contributed by atoms with Gasteiger partial charge < -0.3 is 11.1 Å². The first-order valence-corrected chi connectivity index (χ1v) is 12.9. The molecule has 34 heavy (non-hydrogen) atoms. The van der Waals surface area contributed by atoms with Gasteiger partial charge in [-0.3, -0.25) is 0 Å². The van der Waals surface area contributed by atoms with E-state index in [1.807, 2.05) is 30.7 Å². The lowest BCUT2D eigenvalue weighted by Crippen LogP contribution is -2.16. The van der Waals surface area contributed by atoms with E-state index in [1.165, 1.54) is 28.7 Å². The van der Waals surface area contributed by atoms with Crippen LogP contribution in [-0.4, -0.2) is 37.9 Å². The van der Waals surface area contributed by atoms with E-state index in [0.717, 1.165) is 57.4 Å². The van der Waals surface area contributed by atoms with E-state index in [9.17, 15) is 0 Å². The quantitative estimate of drug-likeness (QED) is 0.183. The van der Waals surface area contributed by atoms with Gasteiger partial charge >= 0.3 is 0 Å². The molecule has 5 rings (SSSR count). The van der Waals surface area contributed by atoms with Crippen LogP contribution in [0.5, 0.6) is 0 Å². The highest BCUT2D eigenvalue weighted by atomic mass is 32.2. The third kappa shape index (κ3) is 5.06. The van der Waals surface area contributed by atoms with Crippen LogP contribution >= 0.6 is 23.1 Å². The minimum Gasteiger partial charge on any atom is -0.374 e. The molecule has 0 spiro atoms. The number of aromatic nitrogens is 5. The third-order valence-corrected chi connectivity index (χ3v) is 6.74. The van der Waals surface area contributed by atoms with Gasteiger partial charge in [-0.05, 0) is 23.4 Å². The Bertz CT molecular complexity index is 1400. The minimum atomic E-state index is 0.513. The highest BCUT2D eigenvalue weighted by Gasteiger charge is 2.13. The Balaban J connectivity index is 1.39. The summed E-state index contributed by atoms with van der Waals surface area (Å²) in [6.45, 7) is 1.59. The standard InChI is InChI=1S/C25H23N7S2/c1-33-25-28-15-19-13-20(17-5-3-2-4-6-17)22(29-23(19)30-25)18-9-7-16(8-10-18)14-27-12-11-21-31-32-24(26)34-21/h2-10,13,15,27H,11-12,14H2,1H3,(H2,26,32). The molecule has 0 aliphatic carbocycles. The molecular weight excluding hydrogens is 462 g/mol. The van der Waals surface area contributed by atoms with E-state index >= 15 is 0 Å². The van der Waals surface area contributed by atoms with Gasteiger partial charge in [-0.25, -0.2) is 15.0 Å². The Hall–Kier alpha value is -3.40. The highest BCUT2D eigenvalue weighted by Crippen LogP contribution is 2.33. The summed E-state index contributed by atoms with van der Waals surface area (Å²) in [5, 5.41) is 14.5. The summed E-state index contributed by atoms with van der Waals surface area (Å²) >= 11 is 2.95. The topological polar surface area (TPSA) is 102 Å². The second-order valence-electron chi connectivity index (χ2n) is 7.68. The summed E-state index contributed by atoms with van der Waals surface area (Å²) in [7, 11) is 0. The van der Waals surface area contributed by atoms with Crippen LogP contribution in [-0.2, 0) is 13.0 Å². The molecule has 170 valence electrons. The van der Waals surface area contributed by atoms with Crippen LogP contribution in [0.15, 0.2) is 72.0 Å². The van der Waals surface area contributed by atoms with Gasteiger partial charge in [0.2, 0.25) is 5.13 Å². The van der Waals surface area contributed by atoms with Crippen LogP contribution in [0.3, 0.4) is 0 Å². The molecule has 0 unspecified atom stereocenters. The van der Waals surface area contributed by atoms with Gasteiger partial charge in [0.1, 0.15) is 5.01 Å². The van der Waals surface area contributed by atoms with Crippen LogP contribution in [0.1, 0.15) is 10.6 Å². The zero-order valence-corrected chi connectivity index (χ0v) is 20.2. The SMILES string of the molecule is CSc1ncc2cc(-c3ccccc3)c(-c3ccc(CNCCc4nnc(N)s4)cc3)nc2n1. The number of fused-ring (bicyclic) bond motifs is 1. The van der Waals surface area contributed by atoms with Gasteiger partial charge in [0.05, 0.1) is 5.69 Å². The molecule has 7 nitrogen and oxygen atoms in total. The Kier molecular flexibility index (Phi) is 6.75. The number of rotatable bonds is 8. The number of anilines is 1. The summed E-state index contributed by atoms with van der Waals surface area (Å²) in [5.74, 6) is 0. The smallest absolute Gasteiger partial charge is 0.203 e. The number of nitrogens with two attached hydrogens (primary N) is 1. The van der Waals surface area contributed by atoms with Crippen LogP contribution in [0, 0.1) is 0 Å². The molecule has 0 fully saturated rings. The Morgan fingerprint density at radius 2 is 1.79 bits per heavy atom. The normalized spacial score (nSPS) is 11.2. The molecule has 3 aromatic heterocycles. The lowest BCUT2D eigenvalue weighted by Gasteiger charge is -2.12. The molecule has 3 heterocycles. The first-order valence-electron chi connectivity index (χ1n) is 10.8. The van der Waals surface area contributed by atoms with E-state index < -0.39 is 0 Å². The first kappa shape index (κ1) is 22.4. The summed E-state index contributed by atoms with van der Waals surface area (Å²) in [6.07, 6.45) is 4.63. The Labute approximate surface area is 205 Å². The molecule has 0 bridgehead atoms. The van der Waals surface area contributed by atoms with Crippen molar-refractivity contribution in [3.05, 3.63) is 77.4 Å². The summed E-state index contributed by atoms with van der Waals surface area (Å²) in [4.78, 5) is 14.0. The molecule has 0 radical (unpaired) electrons. The predicted octanol–water partition coefficient (Wildman–Crippen LogP) is 4.85. The number of benzene rings is 2. The number of nitrogens with one attached hydrogen (secondary N) is 1. The predicted molar refractivity (Wildman–Crippen MR) is 140 cm³/mol. The largest absolute Gasteiger partial charge is 0.374 e. The molecule has 2 aromatic carbocycles. The summed E-state index contributed by atoms with van der Waals surface area (Å²) in [5.41, 5.74) is 11.7. The number of hydrogen-bond donors (Lipinski definition) is 2. The van der Waals surface area contributed by atoms with E-state index in [-0.39, 0.29) is 0 Å². The maximum absolute atomic E-state index is 5.64.